The fourth-order valence-electron chi connectivity index (χ4n) is 6.19. The van der Waals surface area contributed by atoms with Crippen molar-refractivity contribution in [1.82, 2.24) is 14.8 Å². The number of carbonyl (C=O) groups excluding carboxylic acids is 2. The third kappa shape index (κ3) is 6.30. The predicted molar refractivity (Wildman–Crippen MR) is 150 cm³/mol. The highest BCUT2D eigenvalue weighted by Crippen LogP contribution is 2.34. The third-order valence-electron chi connectivity index (χ3n) is 8.55. The minimum Gasteiger partial charge on any atom is -0.446 e. The van der Waals surface area contributed by atoms with Crippen LogP contribution in [0.4, 0.5) is 10.6 Å². The van der Waals surface area contributed by atoms with Crippen molar-refractivity contribution in [2.45, 2.75) is 63.0 Å². The molecule has 8 nitrogen and oxygen atoms in total. The first-order valence-electron chi connectivity index (χ1n) is 14.0. The molecule has 3 aliphatic rings. The van der Waals surface area contributed by atoms with E-state index in [1.807, 2.05) is 35.2 Å². The van der Waals surface area contributed by atoms with Gasteiger partial charge < -0.3 is 19.4 Å². The molecule has 206 valence electrons. The van der Waals surface area contributed by atoms with Crippen molar-refractivity contribution in [2.75, 3.05) is 38.1 Å². The Balaban J connectivity index is 1.25. The highest BCUT2D eigenvalue weighted by Gasteiger charge is 2.42. The lowest BCUT2D eigenvalue weighted by molar-refractivity contribution is -0.135. The summed E-state index contributed by atoms with van der Waals surface area (Å²) < 4.78 is 5.88. The Hall–Kier alpha value is -3.31. The van der Waals surface area contributed by atoms with Gasteiger partial charge in [-0.05, 0) is 68.4 Å². The molecule has 3 heterocycles. The van der Waals surface area contributed by atoms with E-state index in [0.29, 0.717) is 23.7 Å². The van der Waals surface area contributed by atoms with Crippen molar-refractivity contribution in [3.8, 4) is 6.07 Å². The molecule has 9 heteroatoms. The van der Waals surface area contributed by atoms with Gasteiger partial charge in [0, 0.05) is 56.3 Å². The first-order valence-corrected chi connectivity index (χ1v) is 14.4. The molecule has 3 fully saturated rings. The molecule has 1 aromatic carbocycles. The van der Waals surface area contributed by atoms with Gasteiger partial charge in [0.15, 0.2) is 0 Å². The Morgan fingerprint density at radius 3 is 2.38 bits per heavy atom. The lowest BCUT2D eigenvalue weighted by Gasteiger charge is -2.34. The zero-order chi connectivity index (χ0) is 27.4. The van der Waals surface area contributed by atoms with Crippen LogP contribution < -0.4 is 4.90 Å². The molecule has 1 aromatic heterocycles. The maximum absolute atomic E-state index is 13.7. The number of aromatic nitrogens is 1. The van der Waals surface area contributed by atoms with Gasteiger partial charge in [-0.25, -0.2) is 9.78 Å². The number of nitrogens with zero attached hydrogens (tertiary/aromatic N) is 5. The maximum atomic E-state index is 13.7. The molecule has 2 aliphatic heterocycles. The number of anilines is 1. The second-order valence-corrected chi connectivity index (χ2v) is 11.4. The van der Waals surface area contributed by atoms with Crippen LogP contribution in [-0.4, -0.2) is 72.2 Å². The van der Waals surface area contributed by atoms with Gasteiger partial charge in [-0.3, -0.25) is 4.79 Å². The van der Waals surface area contributed by atoms with Gasteiger partial charge >= 0.3 is 6.09 Å². The number of hydrogen-bond acceptors (Lipinski definition) is 6. The average molecular weight is 550 g/mol. The molecule has 5 rings (SSSR count). The van der Waals surface area contributed by atoms with Crippen LogP contribution in [-0.2, 0) is 9.53 Å². The Kier molecular flexibility index (Phi) is 8.56. The molecular weight excluding hydrogens is 514 g/mol. The topological polar surface area (TPSA) is 89.8 Å². The summed E-state index contributed by atoms with van der Waals surface area (Å²) in [5, 5.41) is 9.68. The zero-order valence-electron chi connectivity index (χ0n) is 22.5. The van der Waals surface area contributed by atoms with E-state index in [4.69, 9.17) is 21.6 Å². The smallest absolute Gasteiger partial charge is 0.410 e. The normalized spacial score (nSPS) is 22.4. The molecule has 2 aromatic rings. The predicted octanol–water partition coefficient (Wildman–Crippen LogP) is 5.22. The number of piperidine rings is 1. The summed E-state index contributed by atoms with van der Waals surface area (Å²) in [6.07, 6.45) is 8.00. The third-order valence-corrected chi connectivity index (χ3v) is 8.80. The Morgan fingerprint density at radius 2 is 1.74 bits per heavy atom. The van der Waals surface area contributed by atoms with E-state index in [9.17, 15) is 9.59 Å². The van der Waals surface area contributed by atoms with Gasteiger partial charge in [0.1, 0.15) is 18.0 Å². The number of carbonyl (C=O) groups is 2. The molecule has 1 saturated carbocycles. The van der Waals surface area contributed by atoms with Crippen LogP contribution in [0.5, 0.6) is 0 Å². The highest BCUT2D eigenvalue weighted by molar-refractivity contribution is 6.30. The number of amides is 2. The molecule has 2 unspecified atom stereocenters. The van der Waals surface area contributed by atoms with Crippen molar-refractivity contribution in [2.24, 2.45) is 5.92 Å². The van der Waals surface area contributed by atoms with Crippen LogP contribution in [0.2, 0.25) is 5.02 Å². The lowest BCUT2D eigenvalue weighted by Crippen LogP contribution is -2.45. The molecule has 0 radical (unpaired) electrons. The number of halogens is 1. The molecule has 0 spiro atoms. The zero-order valence-corrected chi connectivity index (χ0v) is 23.2. The lowest BCUT2D eigenvalue weighted by atomic mass is 9.93. The summed E-state index contributed by atoms with van der Waals surface area (Å²) in [6.45, 7) is 2.52. The van der Waals surface area contributed by atoms with Crippen LogP contribution in [0.3, 0.4) is 0 Å². The van der Waals surface area contributed by atoms with Crippen LogP contribution in [0.1, 0.15) is 62.0 Å². The summed E-state index contributed by atoms with van der Waals surface area (Å²) in [5.41, 5.74) is 1.61. The fourth-order valence-corrected chi connectivity index (χ4v) is 6.32. The minimum absolute atomic E-state index is 0.0157. The van der Waals surface area contributed by atoms with E-state index < -0.39 is 0 Å². The Bertz CT molecular complexity index is 1180. The molecular formula is C30H36ClN5O3. The number of rotatable bonds is 5. The second-order valence-electron chi connectivity index (χ2n) is 11.0. The number of ether oxygens (including phenoxy) is 1. The van der Waals surface area contributed by atoms with Gasteiger partial charge in [-0.15, -0.1) is 0 Å². The maximum Gasteiger partial charge on any atom is 0.410 e. The molecule has 0 bridgehead atoms. The Morgan fingerprint density at radius 1 is 1.03 bits per heavy atom. The number of benzene rings is 1. The number of pyridine rings is 1. The molecule has 1 aliphatic carbocycles. The fraction of sp³-hybridized carbons (Fsp3) is 0.533. The molecule has 2 atom stereocenters. The minimum atomic E-state index is -0.302. The van der Waals surface area contributed by atoms with E-state index in [2.05, 4.69) is 16.0 Å². The van der Waals surface area contributed by atoms with Gasteiger partial charge in [0.25, 0.3) is 0 Å². The van der Waals surface area contributed by atoms with E-state index >= 15 is 0 Å². The van der Waals surface area contributed by atoms with E-state index in [0.717, 1.165) is 63.0 Å². The van der Waals surface area contributed by atoms with Crippen molar-refractivity contribution in [3.63, 3.8) is 0 Å². The van der Waals surface area contributed by atoms with Crippen LogP contribution >= 0.6 is 11.6 Å². The van der Waals surface area contributed by atoms with Crippen LogP contribution in [0.15, 0.2) is 42.6 Å². The first kappa shape index (κ1) is 27.3. The van der Waals surface area contributed by atoms with Gasteiger partial charge in [-0.2, -0.15) is 5.26 Å². The largest absolute Gasteiger partial charge is 0.446 e. The summed E-state index contributed by atoms with van der Waals surface area (Å²) in [5.74, 6) is 0.904. The van der Waals surface area contributed by atoms with Crippen LogP contribution in [0, 0.1) is 17.2 Å². The highest BCUT2D eigenvalue weighted by atomic mass is 35.5. The van der Waals surface area contributed by atoms with E-state index in [1.54, 1.807) is 24.2 Å². The second kappa shape index (κ2) is 12.3. The first-order chi connectivity index (χ1) is 18.9. The van der Waals surface area contributed by atoms with Crippen molar-refractivity contribution < 1.29 is 14.3 Å². The van der Waals surface area contributed by atoms with Gasteiger partial charge in [0.05, 0.1) is 11.6 Å². The van der Waals surface area contributed by atoms with Crippen LogP contribution in [0.25, 0.3) is 0 Å². The number of likely N-dealkylation sites (N-methyl/N-ethyl adjacent to an activating group) is 1. The van der Waals surface area contributed by atoms with Crippen molar-refractivity contribution in [1.29, 1.82) is 5.26 Å². The molecule has 39 heavy (non-hydrogen) atoms. The number of likely N-dealkylation sites (tertiary alicyclic amines) is 1. The standard InChI is InChI=1S/C30H36ClN5O3/c1-34(30(38)39-25-5-3-2-4-6-25)27-20-36(19-26(27)22-8-10-24(31)11-9-22)29(37)23-13-15-35(16-14-23)28-12-7-21(17-32)18-33-28/h7-12,18,23,25-27H,2-6,13-16,19-20H2,1H3. The van der Waals surface area contributed by atoms with Gasteiger partial charge in [0.2, 0.25) is 5.91 Å². The van der Waals surface area contributed by atoms with Crippen molar-refractivity contribution in [3.05, 3.63) is 58.7 Å². The monoisotopic (exact) mass is 549 g/mol. The average Bonchev–Trinajstić information content (AvgIpc) is 3.43. The number of hydrogen-bond donors (Lipinski definition) is 0. The SMILES string of the molecule is CN(C(=O)OC1CCCCC1)C1CN(C(=O)C2CCN(c3ccc(C#N)cn3)CC2)CC1c1ccc(Cl)cc1. The molecule has 2 saturated heterocycles. The van der Waals surface area contributed by atoms with Crippen molar-refractivity contribution >= 4 is 29.4 Å². The number of nitriles is 1. The molecule has 2 amide bonds. The summed E-state index contributed by atoms with van der Waals surface area (Å²) in [6, 6.07) is 13.3. The van der Waals surface area contributed by atoms with Gasteiger partial charge in [-0.1, -0.05) is 30.2 Å². The summed E-state index contributed by atoms with van der Waals surface area (Å²) >= 11 is 6.16. The summed E-state index contributed by atoms with van der Waals surface area (Å²) in [4.78, 5) is 37.1. The van der Waals surface area contributed by atoms with E-state index in [-0.39, 0.29) is 36.0 Å². The molecule has 0 N–H and O–H groups in total. The van der Waals surface area contributed by atoms with E-state index in [1.165, 1.54) is 6.42 Å². The quantitative estimate of drug-likeness (QED) is 0.508. The Labute approximate surface area is 235 Å². The summed E-state index contributed by atoms with van der Waals surface area (Å²) in [7, 11) is 1.80.